The second-order valence-electron chi connectivity index (χ2n) is 6.12. The molecule has 0 unspecified atom stereocenters. The number of aromatic nitrogens is 1. The van der Waals surface area contributed by atoms with E-state index in [0.717, 1.165) is 18.6 Å². The number of aryl methyl sites for hydroxylation is 1. The molecule has 6 heteroatoms. The molecule has 5 nitrogen and oxygen atoms in total. The number of rotatable bonds is 7. The highest BCUT2D eigenvalue weighted by molar-refractivity contribution is 6.33. The van der Waals surface area contributed by atoms with Gasteiger partial charge in [0.05, 0.1) is 11.6 Å². The van der Waals surface area contributed by atoms with Crippen molar-refractivity contribution in [1.82, 2.24) is 5.16 Å². The van der Waals surface area contributed by atoms with E-state index >= 15 is 0 Å². The SMILES string of the molecule is CCCCOc1ccc(NC(=O)c2c(-c3ccccc3Cl)noc2C)cc1. The van der Waals surface area contributed by atoms with Gasteiger partial charge in [-0.3, -0.25) is 4.79 Å². The fourth-order valence-corrected chi connectivity index (χ4v) is 2.86. The Morgan fingerprint density at radius 3 is 2.63 bits per heavy atom. The van der Waals surface area contributed by atoms with Gasteiger partial charge in [-0.05, 0) is 43.7 Å². The normalized spacial score (nSPS) is 10.6. The van der Waals surface area contributed by atoms with Gasteiger partial charge < -0.3 is 14.6 Å². The van der Waals surface area contributed by atoms with Crippen LogP contribution in [0.2, 0.25) is 5.02 Å². The molecule has 3 rings (SSSR count). The first-order chi connectivity index (χ1) is 13.1. The van der Waals surface area contributed by atoms with Gasteiger partial charge in [0.15, 0.2) is 0 Å². The molecule has 0 saturated carbocycles. The molecule has 0 spiro atoms. The van der Waals surface area contributed by atoms with E-state index in [1.165, 1.54) is 0 Å². The van der Waals surface area contributed by atoms with Gasteiger partial charge in [-0.25, -0.2) is 0 Å². The summed E-state index contributed by atoms with van der Waals surface area (Å²) in [7, 11) is 0. The summed E-state index contributed by atoms with van der Waals surface area (Å²) in [6, 6.07) is 14.5. The van der Waals surface area contributed by atoms with E-state index in [4.69, 9.17) is 20.9 Å². The molecule has 0 saturated heterocycles. The number of amides is 1. The second kappa shape index (κ2) is 8.73. The topological polar surface area (TPSA) is 64.4 Å². The number of hydrogen-bond donors (Lipinski definition) is 1. The highest BCUT2D eigenvalue weighted by Gasteiger charge is 2.23. The Balaban J connectivity index is 1.77. The van der Waals surface area contributed by atoms with E-state index in [-0.39, 0.29) is 5.91 Å². The lowest BCUT2D eigenvalue weighted by molar-refractivity contribution is 0.102. The lowest BCUT2D eigenvalue weighted by Gasteiger charge is -2.09. The van der Waals surface area contributed by atoms with Crippen molar-refractivity contribution in [2.45, 2.75) is 26.7 Å². The Morgan fingerprint density at radius 2 is 1.93 bits per heavy atom. The molecule has 1 heterocycles. The van der Waals surface area contributed by atoms with Crippen molar-refractivity contribution < 1.29 is 14.1 Å². The summed E-state index contributed by atoms with van der Waals surface area (Å²) >= 11 is 6.25. The maximum absolute atomic E-state index is 12.8. The van der Waals surface area contributed by atoms with E-state index in [2.05, 4.69) is 17.4 Å². The van der Waals surface area contributed by atoms with Crippen molar-refractivity contribution in [1.29, 1.82) is 0 Å². The number of hydrogen-bond acceptors (Lipinski definition) is 4. The first-order valence-electron chi connectivity index (χ1n) is 8.85. The Bertz CT molecular complexity index is 919. The largest absolute Gasteiger partial charge is 0.494 e. The van der Waals surface area contributed by atoms with Crippen LogP contribution in [0.4, 0.5) is 5.69 Å². The Kier molecular flexibility index (Phi) is 6.14. The number of carbonyl (C=O) groups excluding carboxylic acids is 1. The quantitative estimate of drug-likeness (QED) is 0.528. The highest BCUT2D eigenvalue weighted by atomic mass is 35.5. The molecule has 0 aliphatic heterocycles. The molecule has 1 amide bonds. The third kappa shape index (κ3) is 4.49. The van der Waals surface area contributed by atoms with Gasteiger partial charge in [-0.15, -0.1) is 0 Å². The van der Waals surface area contributed by atoms with E-state index in [9.17, 15) is 4.79 Å². The van der Waals surface area contributed by atoms with Crippen molar-refractivity contribution in [3.8, 4) is 17.0 Å². The Morgan fingerprint density at radius 1 is 1.19 bits per heavy atom. The fraction of sp³-hybridized carbons (Fsp3) is 0.238. The molecular weight excluding hydrogens is 364 g/mol. The summed E-state index contributed by atoms with van der Waals surface area (Å²) in [6.45, 7) is 4.50. The monoisotopic (exact) mass is 384 g/mol. The van der Waals surface area contributed by atoms with Crippen LogP contribution in [-0.4, -0.2) is 17.7 Å². The molecule has 3 aromatic rings. The summed E-state index contributed by atoms with van der Waals surface area (Å²) in [4.78, 5) is 12.8. The zero-order valence-corrected chi connectivity index (χ0v) is 16.0. The van der Waals surface area contributed by atoms with E-state index in [0.29, 0.717) is 39.9 Å². The Labute approximate surface area is 163 Å². The van der Waals surface area contributed by atoms with Gasteiger partial charge in [-0.1, -0.05) is 48.3 Å². The molecule has 2 aromatic carbocycles. The van der Waals surface area contributed by atoms with Gasteiger partial charge in [-0.2, -0.15) is 0 Å². The fourth-order valence-electron chi connectivity index (χ4n) is 2.64. The molecule has 0 atom stereocenters. The number of halogens is 1. The van der Waals surface area contributed by atoms with Crippen LogP contribution in [0.5, 0.6) is 5.75 Å². The highest BCUT2D eigenvalue weighted by Crippen LogP contribution is 2.31. The third-order valence-electron chi connectivity index (χ3n) is 4.10. The Hall–Kier alpha value is -2.79. The number of anilines is 1. The average Bonchev–Trinajstić information content (AvgIpc) is 3.05. The molecule has 0 aliphatic carbocycles. The van der Waals surface area contributed by atoms with Gasteiger partial charge in [0.25, 0.3) is 5.91 Å². The summed E-state index contributed by atoms with van der Waals surface area (Å²) in [5.41, 5.74) is 2.11. The molecular formula is C21H21ClN2O3. The van der Waals surface area contributed by atoms with Gasteiger partial charge in [0.2, 0.25) is 0 Å². The zero-order chi connectivity index (χ0) is 19.2. The maximum Gasteiger partial charge on any atom is 0.261 e. The molecule has 0 aliphatic rings. The van der Waals surface area contributed by atoms with Gasteiger partial charge in [0.1, 0.15) is 22.8 Å². The minimum atomic E-state index is -0.302. The molecule has 27 heavy (non-hydrogen) atoms. The number of ether oxygens (including phenoxy) is 1. The summed E-state index contributed by atoms with van der Waals surface area (Å²) in [5.74, 6) is 0.907. The van der Waals surface area contributed by atoms with Crippen LogP contribution in [0, 0.1) is 6.92 Å². The number of unbranched alkanes of at least 4 members (excludes halogenated alkanes) is 1. The maximum atomic E-state index is 12.8. The van der Waals surface area contributed by atoms with Crippen molar-refractivity contribution >= 4 is 23.2 Å². The molecule has 1 N–H and O–H groups in total. The predicted octanol–water partition coefficient (Wildman–Crippen LogP) is 5.73. The lowest BCUT2D eigenvalue weighted by atomic mass is 10.1. The van der Waals surface area contributed by atoms with Crippen molar-refractivity contribution in [2.24, 2.45) is 0 Å². The summed E-state index contributed by atoms with van der Waals surface area (Å²) in [6.07, 6.45) is 2.09. The molecule has 0 fully saturated rings. The standard InChI is InChI=1S/C21H21ClN2O3/c1-3-4-13-26-16-11-9-15(10-12-16)23-21(25)19-14(2)27-24-20(19)17-7-5-6-8-18(17)22/h5-12H,3-4,13H2,1-2H3,(H,23,25). The second-order valence-corrected chi connectivity index (χ2v) is 6.53. The summed E-state index contributed by atoms with van der Waals surface area (Å²) in [5, 5.41) is 7.40. The van der Waals surface area contributed by atoms with Crippen LogP contribution in [0.3, 0.4) is 0 Å². The van der Waals surface area contributed by atoms with Crippen LogP contribution in [0.25, 0.3) is 11.3 Å². The number of benzene rings is 2. The molecule has 140 valence electrons. The minimum Gasteiger partial charge on any atom is -0.494 e. The van der Waals surface area contributed by atoms with E-state index in [1.807, 2.05) is 24.3 Å². The first kappa shape index (κ1) is 19.0. The molecule has 0 bridgehead atoms. The smallest absolute Gasteiger partial charge is 0.261 e. The van der Waals surface area contributed by atoms with Crippen LogP contribution < -0.4 is 10.1 Å². The predicted molar refractivity (Wildman–Crippen MR) is 106 cm³/mol. The van der Waals surface area contributed by atoms with Gasteiger partial charge in [0, 0.05) is 11.3 Å². The van der Waals surface area contributed by atoms with E-state index in [1.54, 1.807) is 31.2 Å². The van der Waals surface area contributed by atoms with Crippen LogP contribution >= 0.6 is 11.6 Å². The molecule has 1 aromatic heterocycles. The minimum absolute atomic E-state index is 0.302. The zero-order valence-electron chi connectivity index (χ0n) is 15.3. The molecule has 0 radical (unpaired) electrons. The van der Waals surface area contributed by atoms with Crippen LogP contribution in [0.1, 0.15) is 35.9 Å². The van der Waals surface area contributed by atoms with Crippen molar-refractivity contribution in [2.75, 3.05) is 11.9 Å². The first-order valence-corrected chi connectivity index (χ1v) is 9.23. The van der Waals surface area contributed by atoms with Crippen LogP contribution in [-0.2, 0) is 0 Å². The van der Waals surface area contributed by atoms with Gasteiger partial charge >= 0.3 is 0 Å². The van der Waals surface area contributed by atoms with E-state index < -0.39 is 0 Å². The van der Waals surface area contributed by atoms with Crippen LogP contribution in [0.15, 0.2) is 53.1 Å². The number of nitrogens with one attached hydrogen (secondary N) is 1. The third-order valence-corrected chi connectivity index (χ3v) is 4.43. The lowest BCUT2D eigenvalue weighted by Crippen LogP contribution is -2.13. The number of carbonyl (C=O) groups is 1. The summed E-state index contributed by atoms with van der Waals surface area (Å²) < 4.78 is 10.9. The van der Waals surface area contributed by atoms with Crippen molar-refractivity contribution in [3.63, 3.8) is 0 Å². The average molecular weight is 385 g/mol. The van der Waals surface area contributed by atoms with Crippen molar-refractivity contribution in [3.05, 3.63) is 64.9 Å². The number of nitrogens with zero attached hydrogens (tertiary/aromatic N) is 1.